The zero-order chi connectivity index (χ0) is 25.9. The molecule has 4 rings (SSSR count). The van der Waals surface area contributed by atoms with Crippen molar-refractivity contribution < 1.29 is 36.2 Å². The molecule has 2 aromatic carbocycles. The highest BCUT2D eigenvalue weighted by molar-refractivity contribution is 7.92. The Bertz CT molecular complexity index is 1150. The van der Waals surface area contributed by atoms with Gasteiger partial charge in [0, 0.05) is 24.8 Å². The van der Waals surface area contributed by atoms with Crippen LogP contribution in [0.5, 0.6) is 5.75 Å². The molecule has 1 saturated heterocycles. The first-order valence-corrected chi connectivity index (χ1v) is 13.8. The van der Waals surface area contributed by atoms with Gasteiger partial charge < -0.3 is 14.6 Å². The van der Waals surface area contributed by atoms with Crippen molar-refractivity contribution in [1.82, 2.24) is 0 Å². The Morgan fingerprint density at radius 3 is 2.56 bits per heavy atom. The summed E-state index contributed by atoms with van der Waals surface area (Å²) >= 11 is 0. The summed E-state index contributed by atoms with van der Waals surface area (Å²) in [7, 11) is -4.34. The van der Waals surface area contributed by atoms with Crippen LogP contribution in [0.1, 0.15) is 54.7 Å². The molecule has 0 aliphatic carbocycles. The molecule has 0 saturated carbocycles. The Morgan fingerprint density at radius 2 is 1.86 bits per heavy atom. The van der Waals surface area contributed by atoms with Crippen LogP contribution in [-0.2, 0) is 27.6 Å². The van der Waals surface area contributed by atoms with Crippen LogP contribution in [-0.4, -0.2) is 45.6 Å². The number of anilines is 1. The van der Waals surface area contributed by atoms with Gasteiger partial charge in [0.1, 0.15) is 5.75 Å². The van der Waals surface area contributed by atoms with E-state index in [2.05, 4.69) is 0 Å². The summed E-state index contributed by atoms with van der Waals surface area (Å²) in [6.45, 7) is 3.56. The molecule has 2 atom stereocenters. The number of para-hydroxylation sites is 1. The first-order valence-electron chi connectivity index (χ1n) is 12.3. The summed E-state index contributed by atoms with van der Waals surface area (Å²) in [5.41, 5.74) is -0.820. The Balaban J connectivity index is 1.63. The minimum Gasteiger partial charge on any atom is -0.493 e. The molecule has 0 radical (unpaired) electrons. The van der Waals surface area contributed by atoms with Crippen LogP contribution in [0.25, 0.3) is 0 Å². The maximum Gasteiger partial charge on any atom is 0.393 e. The van der Waals surface area contributed by atoms with Gasteiger partial charge in [-0.05, 0) is 61.3 Å². The number of fused-ring (bicyclic) bond motifs is 1. The van der Waals surface area contributed by atoms with Gasteiger partial charge in [-0.2, -0.15) is 13.2 Å². The fourth-order valence-electron chi connectivity index (χ4n) is 4.95. The van der Waals surface area contributed by atoms with E-state index >= 15 is 0 Å². The molecule has 6 nitrogen and oxygen atoms in total. The number of hydrogen-bond donors (Lipinski definition) is 1. The normalized spacial score (nSPS) is 20.1. The Labute approximate surface area is 210 Å². The van der Waals surface area contributed by atoms with Gasteiger partial charge in [-0.3, -0.25) is 4.31 Å². The summed E-state index contributed by atoms with van der Waals surface area (Å²) in [6.07, 6.45) is -2.32. The van der Waals surface area contributed by atoms with Gasteiger partial charge in [0.25, 0.3) is 10.0 Å². The number of benzene rings is 2. The lowest BCUT2D eigenvalue weighted by atomic mass is 9.94. The van der Waals surface area contributed by atoms with Crippen molar-refractivity contribution in [3.05, 3.63) is 59.2 Å². The Hall–Kier alpha value is -2.30. The molecule has 2 aromatic rings. The topological polar surface area (TPSA) is 76.1 Å². The van der Waals surface area contributed by atoms with Crippen LogP contribution >= 0.6 is 0 Å². The molecule has 2 heterocycles. The van der Waals surface area contributed by atoms with Gasteiger partial charge in [-0.1, -0.05) is 37.3 Å². The van der Waals surface area contributed by atoms with Gasteiger partial charge in [0.15, 0.2) is 0 Å². The molecule has 36 heavy (non-hydrogen) atoms. The lowest BCUT2D eigenvalue weighted by Gasteiger charge is -2.39. The fraction of sp³-hybridized carbons (Fsp3) is 0.538. The monoisotopic (exact) mass is 527 g/mol. The van der Waals surface area contributed by atoms with E-state index in [0.29, 0.717) is 56.1 Å². The lowest BCUT2D eigenvalue weighted by Crippen LogP contribution is -2.45. The van der Waals surface area contributed by atoms with E-state index in [4.69, 9.17) is 9.47 Å². The minimum absolute atomic E-state index is 0.0842. The zero-order valence-corrected chi connectivity index (χ0v) is 21.0. The van der Waals surface area contributed by atoms with Crippen molar-refractivity contribution in [2.75, 3.05) is 24.1 Å². The Kier molecular flexibility index (Phi) is 8.16. The molecule has 1 N–H and O–H groups in total. The number of aliphatic hydroxyl groups excluding tert-OH is 1. The second-order valence-electron chi connectivity index (χ2n) is 9.45. The molecule has 0 bridgehead atoms. The molecule has 10 heteroatoms. The average molecular weight is 528 g/mol. The predicted molar refractivity (Wildman–Crippen MR) is 130 cm³/mol. The third kappa shape index (κ3) is 5.98. The highest BCUT2D eigenvalue weighted by atomic mass is 32.2. The van der Waals surface area contributed by atoms with Gasteiger partial charge in [0.2, 0.25) is 5.44 Å². The van der Waals surface area contributed by atoms with Crippen molar-refractivity contribution in [1.29, 1.82) is 0 Å². The molecule has 198 valence electrons. The summed E-state index contributed by atoms with van der Waals surface area (Å²) in [5, 5.41) is 11.2. The van der Waals surface area contributed by atoms with E-state index in [-0.39, 0.29) is 17.0 Å². The van der Waals surface area contributed by atoms with Crippen LogP contribution in [0.4, 0.5) is 18.9 Å². The van der Waals surface area contributed by atoms with Crippen molar-refractivity contribution in [3.8, 4) is 5.75 Å². The summed E-state index contributed by atoms with van der Waals surface area (Å²) in [4.78, 5) is 0. The molecule has 0 spiro atoms. The highest BCUT2D eigenvalue weighted by Gasteiger charge is 2.40. The number of aryl methyl sites for hydroxylation is 1. The van der Waals surface area contributed by atoms with Crippen LogP contribution in [0, 0.1) is 5.92 Å². The maximum atomic E-state index is 13.8. The molecule has 2 aliphatic heterocycles. The largest absolute Gasteiger partial charge is 0.493 e. The number of nitrogens with zero attached hydrogens (tertiary/aromatic N) is 1. The summed E-state index contributed by atoms with van der Waals surface area (Å²) < 4.78 is 78.9. The molecular weight excluding hydrogens is 495 g/mol. The SMILES string of the molecule is CCC1CCc2cc(CC(F)(F)F)ccc2N1S(=O)(=O)C(O)c1ccccc1OCC1CCOCC1. The first-order chi connectivity index (χ1) is 17.1. The second-order valence-corrected chi connectivity index (χ2v) is 11.3. The van der Waals surface area contributed by atoms with E-state index in [1.807, 2.05) is 6.92 Å². The lowest BCUT2D eigenvalue weighted by molar-refractivity contribution is -0.127. The number of rotatable bonds is 8. The minimum atomic E-state index is -4.36. The smallest absolute Gasteiger partial charge is 0.393 e. The third-order valence-corrected chi connectivity index (χ3v) is 8.75. The van der Waals surface area contributed by atoms with Crippen LogP contribution in [0.2, 0.25) is 0 Å². The number of halogens is 3. The standard InChI is InChI=1S/C26H32F3NO5S/c1-2-21-9-8-20-15-19(16-26(27,28)29)7-10-23(20)30(21)36(32,33)25(31)22-5-3-4-6-24(22)35-17-18-11-13-34-14-12-18/h3-7,10,15,18,21,25,31H,2,8-9,11-14,16-17H2,1H3. The molecule has 0 amide bonds. The van der Waals surface area contributed by atoms with E-state index in [9.17, 15) is 26.7 Å². The van der Waals surface area contributed by atoms with E-state index < -0.39 is 34.1 Å². The molecular formula is C26H32F3NO5S. The van der Waals surface area contributed by atoms with Crippen LogP contribution < -0.4 is 9.04 Å². The van der Waals surface area contributed by atoms with Crippen LogP contribution in [0.3, 0.4) is 0 Å². The predicted octanol–water partition coefficient (Wildman–Crippen LogP) is 5.15. The summed E-state index contributed by atoms with van der Waals surface area (Å²) in [5.74, 6) is 0.579. The van der Waals surface area contributed by atoms with Gasteiger partial charge in [-0.25, -0.2) is 8.42 Å². The van der Waals surface area contributed by atoms with Gasteiger partial charge >= 0.3 is 6.18 Å². The zero-order valence-electron chi connectivity index (χ0n) is 20.2. The van der Waals surface area contributed by atoms with Crippen molar-refractivity contribution in [2.45, 2.75) is 63.1 Å². The number of ether oxygens (including phenoxy) is 2. The first kappa shape index (κ1) is 26.8. The van der Waals surface area contributed by atoms with Gasteiger partial charge in [-0.15, -0.1) is 0 Å². The maximum absolute atomic E-state index is 13.8. The van der Waals surface area contributed by atoms with Crippen molar-refractivity contribution >= 4 is 15.7 Å². The number of sulfonamides is 1. The van der Waals surface area contributed by atoms with Crippen molar-refractivity contribution in [2.24, 2.45) is 5.92 Å². The number of aliphatic hydroxyl groups is 1. The fourth-order valence-corrected chi connectivity index (χ4v) is 6.80. The van der Waals surface area contributed by atoms with E-state index in [1.54, 1.807) is 18.2 Å². The van der Waals surface area contributed by atoms with Crippen LogP contribution in [0.15, 0.2) is 42.5 Å². The second kappa shape index (κ2) is 11.0. The number of alkyl halides is 3. The Morgan fingerprint density at radius 1 is 1.14 bits per heavy atom. The summed E-state index contributed by atoms with van der Waals surface area (Å²) in [6, 6.07) is 10.3. The molecule has 2 aliphatic rings. The third-order valence-electron chi connectivity index (χ3n) is 6.89. The van der Waals surface area contributed by atoms with Crippen molar-refractivity contribution in [3.63, 3.8) is 0 Å². The molecule has 1 fully saturated rings. The van der Waals surface area contributed by atoms with E-state index in [0.717, 1.165) is 12.8 Å². The quantitative estimate of drug-likeness (QED) is 0.514. The van der Waals surface area contributed by atoms with Gasteiger partial charge in [0.05, 0.1) is 18.7 Å². The number of hydrogen-bond acceptors (Lipinski definition) is 5. The van der Waals surface area contributed by atoms with E-state index in [1.165, 1.54) is 28.6 Å². The average Bonchev–Trinajstić information content (AvgIpc) is 2.86. The highest BCUT2D eigenvalue weighted by Crippen LogP contribution is 2.40. The molecule has 0 aromatic heterocycles. The molecule has 2 unspecified atom stereocenters.